The minimum Gasteiger partial charge on any atom is -0.466 e. The van der Waals surface area contributed by atoms with E-state index in [1.807, 2.05) is 6.92 Å². The van der Waals surface area contributed by atoms with E-state index in [9.17, 15) is 4.79 Å². The molecule has 0 aromatic heterocycles. The van der Waals surface area contributed by atoms with Crippen molar-refractivity contribution in [2.75, 3.05) is 19.8 Å². The molecule has 3 fully saturated rings. The normalized spacial score (nSPS) is 28.8. The molecule has 38 heavy (non-hydrogen) atoms. The van der Waals surface area contributed by atoms with E-state index in [1.54, 1.807) is 0 Å². The number of rotatable bonds is 19. The van der Waals surface area contributed by atoms with Gasteiger partial charge in [0, 0.05) is 19.6 Å². The number of hydrogen-bond donors (Lipinski definition) is 0. The predicted molar refractivity (Wildman–Crippen MR) is 151 cm³/mol. The second-order valence-electron chi connectivity index (χ2n) is 11.9. The van der Waals surface area contributed by atoms with Gasteiger partial charge in [0.05, 0.1) is 18.8 Å². The Bertz CT molecular complexity index is 601. The molecule has 3 aliphatic rings. The Morgan fingerprint density at radius 3 is 2.26 bits per heavy atom. The van der Waals surface area contributed by atoms with Crippen molar-refractivity contribution in [2.24, 2.45) is 11.8 Å². The molecular weight excluding hydrogens is 480 g/mol. The molecule has 0 spiro atoms. The fraction of sp³-hybridized carbons (Fsp3) is 0.969. The Balaban J connectivity index is 1.50. The summed E-state index contributed by atoms with van der Waals surface area (Å²) in [5, 5.41) is 0. The van der Waals surface area contributed by atoms with Crippen LogP contribution in [0.15, 0.2) is 0 Å². The maximum absolute atomic E-state index is 11.6. The largest absolute Gasteiger partial charge is 0.466 e. The first-order valence-electron chi connectivity index (χ1n) is 16.4. The van der Waals surface area contributed by atoms with Crippen molar-refractivity contribution in [1.82, 2.24) is 0 Å². The quantitative estimate of drug-likeness (QED) is 0.122. The highest BCUT2D eigenvalue weighted by atomic mass is 16.7. The summed E-state index contributed by atoms with van der Waals surface area (Å²) in [5.74, 6) is 1.25. The van der Waals surface area contributed by atoms with Crippen LogP contribution in [-0.4, -0.2) is 50.6 Å². The summed E-state index contributed by atoms with van der Waals surface area (Å²) in [4.78, 5) is 11.6. The minimum absolute atomic E-state index is 0.00737. The van der Waals surface area contributed by atoms with Crippen molar-refractivity contribution >= 4 is 5.97 Å². The second kappa shape index (κ2) is 19.4. The van der Waals surface area contributed by atoms with Crippen molar-refractivity contribution in [3.05, 3.63) is 0 Å². The molecule has 2 aliphatic heterocycles. The van der Waals surface area contributed by atoms with Gasteiger partial charge in [-0.05, 0) is 95.8 Å². The van der Waals surface area contributed by atoms with Gasteiger partial charge >= 0.3 is 5.97 Å². The highest BCUT2D eigenvalue weighted by Gasteiger charge is 2.38. The third kappa shape index (κ3) is 12.2. The summed E-state index contributed by atoms with van der Waals surface area (Å²) in [5.41, 5.74) is 0. The molecule has 0 bridgehead atoms. The molecule has 6 heteroatoms. The molecule has 1 saturated carbocycles. The average Bonchev–Trinajstić information content (AvgIpc) is 3.31. The Hall–Kier alpha value is -0.690. The monoisotopic (exact) mass is 538 g/mol. The molecule has 0 radical (unpaired) electrons. The molecule has 2 heterocycles. The van der Waals surface area contributed by atoms with E-state index in [4.69, 9.17) is 23.7 Å². The first-order valence-corrected chi connectivity index (χ1v) is 16.4. The van der Waals surface area contributed by atoms with E-state index in [-0.39, 0.29) is 18.5 Å². The van der Waals surface area contributed by atoms with Crippen LogP contribution in [0, 0.1) is 11.8 Å². The number of carbonyl (C=O) groups excluding carboxylic acids is 1. The van der Waals surface area contributed by atoms with Crippen molar-refractivity contribution in [1.29, 1.82) is 0 Å². The third-order valence-corrected chi connectivity index (χ3v) is 8.81. The minimum atomic E-state index is -0.0531. The molecule has 0 N–H and O–H groups in total. The molecule has 1 aliphatic carbocycles. The van der Waals surface area contributed by atoms with E-state index in [1.165, 1.54) is 64.2 Å². The number of ether oxygens (including phenoxy) is 5. The van der Waals surface area contributed by atoms with E-state index in [2.05, 4.69) is 6.92 Å². The smallest absolute Gasteiger partial charge is 0.305 e. The van der Waals surface area contributed by atoms with Crippen molar-refractivity contribution < 1.29 is 28.5 Å². The molecule has 6 atom stereocenters. The van der Waals surface area contributed by atoms with E-state index in [0.29, 0.717) is 31.2 Å². The topological polar surface area (TPSA) is 63.2 Å². The summed E-state index contributed by atoms with van der Waals surface area (Å²) < 4.78 is 30.2. The van der Waals surface area contributed by atoms with Crippen LogP contribution in [0.4, 0.5) is 0 Å². The summed E-state index contributed by atoms with van der Waals surface area (Å²) >= 11 is 0. The Kier molecular flexibility index (Phi) is 16.2. The maximum atomic E-state index is 11.6. The SMILES string of the molecule is CCCCCC(CCC1C(CCCCCCC(=O)OCC)CCC1OC1CCCCO1)OC1CCCCO1. The lowest BCUT2D eigenvalue weighted by molar-refractivity contribution is -0.200. The maximum Gasteiger partial charge on any atom is 0.305 e. The first kappa shape index (κ1) is 31.8. The lowest BCUT2D eigenvalue weighted by Gasteiger charge is -2.32. The van der Waals surface area contributed by atoms with Gasteiger partial charge in [-0.15, -0.1) is 0 Å². The number of carbonyl (C=O) groups is 1. The van der Waals surface area contributed by atoms with Crippen LogP contribution in [-0.2, 0) is 28.5 Å². The highest BCUT2D eigenvalue weighted by molar-refractivity contribution is 5.69. The molecular formula is C32H58O6. The summed E-state index contributed by atoms with van der Waals surface area (Å²) in [6.07, 6.45) is 23.3. The lowest BCUT2D eigenvalue weighted by atomic mass is 9.85. The van der Waals surface area contributed by atoms with Gasteiger partial charge in [-0.25, -0.2) is 0 Å². The molecule has 0 aromatic carbocycles. The predicted octanol–water partition coefficient (Wildman–Crippen LogP) is 8.10. The van der Waals surface area contributed by atoms with Gasteiger partial charge < -0.3 is 23.7 Å². The summed E-state index contributed by atoms with van der Waals surface area (Å²) in [6, 6.07) is 0. The van der Waals surface area contributed by atoms with Crippen molar-refractivity contribution in [3.63, 3.8) is 0 Å². The fourth-order valence-corrected chi connectivity index (χ4v) is 6.65. The van der Waals surface area contributed by atoms with Gasteiger partial charge in [-0.2, -0.15) is 0 Å². The van der Waals surface area contributed by atoms with Crippen molar-refractivity contribution in [2.45, 2.75) is 167 Å². The molecule has 0 amide bonds. The highest BCUT2D eigenvalue weighted by Crippen LogP contribution is 2.42. The third-order valence-electron chi connectivity index (χ3n) is 8.81. The molecule has 6 nitrogen and oxygen atoms in total. The Labute approximate surface area is 233 Å². The number of esters is 1. The van der Waals surface area contributed by atoms with Gasteiger partial charge in [0.15, 0.2) is 12.6 Å². The van der Waals surface area contributed by atoms with E-state index >= 15 is 0 Å². The zero-order valence-electron chi connectivity index (χ0n) is 24.7. The molecule has 3 rings (SSSR count). The van der Waals surface area contributed by atoms with Crippen LogP contribution < -0.4 is 0 Å². The van der Waals surface area contributed by atoms with Gasteiger partial charge in [0.25, 0.3) is 0 Å². The van der Waals surface area contributed by atoms with Crippen LogP contribution in [0.1, 0.15) is 142 Å². The zero-order chi connectivity index (χ0) is 26.8. The molecule has 6 unspecified atom stereocenters. The Morgan fingerprint density at radius 1 is 0.789 bits per heavy atom. The van der Waals surface area contributed by atoms with Crippen LogP contribution >= 0.6 is 0 Å². The molecule has 0 aromatic rings. The fourth-order valence-electron chi connectivity index (χ4n) is 6.65. The molecule has 222 valence electrons. The van der Waals surface area contributed by atoms with Gasteiger partial charge in [-0.1, -0.05) is 51.9 Å². The summed E-state index contributed by atoms with van der Waals surface area (Å²) in [7, 11) is 0. The average molecular weight is 539 g/mol. The Morgan fingerprint density at radius 2 is 1.55 bits per heavy atom. The van der Waals surface area contributed by atoms with E-state index < -0.39 is 0 Å². The number of unbranched alkanes of at least 4 members (excludes halogenated alkanes) is 5. The van der Waals surface area contributed by atoms with Crippen molar-refractivity contribution in [3.8, 4) is 0 Å². The van der Waals surface area contributed by atoms with Crippen LogP contribution in [0.2, 0.25) is 0 Å². The zero-order valence-corrected chi connectivity index (χ0v) is 24.7. The standard InChI is InChI=1S/C32H58O6/c1-3-5-8-16-27(37-31-18-11-13-24-35-31)21-22-28-26(15-9-6-7-10-17-30(33)34-4-2)20-23-29(28)38-32-19-12-14-25-36-32/h26-29,31-32H,3-25H2,1-2H3. The van der Waals surface area contributed by atoms with E-state index in [0.717, 1.165) is 76.9 Å². The lowest BCUT2D eigenvalue weighted by Crippen LogP contribution is -2.33. The van der Waals surface area contributed by atoms with Gasteiger partial charge in [0.1, 0.15) is 0 Å². The number of hydrogen-bond acceptors (Lipinski definition) is 6. The van der Waals surface area contributed by atoms with Crippen LogP contribution in [0.25, 0.3) is 0 Å². The van der Waals surface area contributed by atoms with Gasteiger partial charge in [0.2, 0.25) is 0 Å². The first-order chi connectivity index (χ1) is 18.7. The van der Waals surface area contributed by atoms with Crippen LogP contribution in [0.5, 0.6) is 0 Å². The van der Waals surface area contributed by atoms with Crippen LogP contribution in [0.3, 0.4) is 0 Å². The van der Waals surface area contributed by atoms with Gasteiger partial charge in [-0.3, -0.25) is 4.79 Å². The summed E-state index contributed by atoms with van der Waals surface area (Å²) in [6.45, 7) is 6.31. The second-order valence-corrected chi connectivity index (χ2v) is 11.9. The molecule has 2 saturated heterocycles.